The molecule has 1 N–H and O–H groups in total. The zero-order valence-corrected chi connectivity index (χ0v) is 15.5. The Balaban J connectivity index is 4.06. The molecule has 0 bridgehead atoms. The van der Waals surface area contributed by atoms with E-state index in [0.717, 1.165) is 19.3 Å². The van der Waals surface area contributed by atoms with E-state index in [1.54, 1.807) is 0 Å². The van der Waals surface area contributed by atoms with Gasteiger partial charge in [0.05, 0.1) is 0 Å². The van der Waals surface area contributed by atoms with Crippen LogP contribution in [0.2, 0.25) is 0 Å². The van der Waals surface area contributed by atoms with Crippen molar-refractivity contribution in [2.24, 2.45) is 0 Å². The lowest BCUT2D eigenvalue weighted by atomic mass is 10.0. The average molecular weight is 371 g/mol. The summed E-state index contributed by atoms with van der Waals surface area (Å²) in [4.78, 5) is 31.7. The van der Waals surface area contributed by atoms with Crippen LogP contribution in [-0.2, 0) is 4.79 Å². The SMILES string of the molecule is CCCCCC(CC/C=C/CCC(CCCC(O)[C]=O)[N+](=O)[O-])[N+](=O)[O-]. The number of hydrogen-bond donors (Lipinski definition) is 1. The average Bonchev–Trinajstić information content (AvgIpc) is 2.60. The summed E-state index contributed by atoms with van der Waals surface area (Å²) in [6.45, 7) is 2.06. The predicted molar refractivity (Wildman–Crippen MR) is 98.9 cm³/mol. The Morgan fingerprint density at radius 2 is 1.38 bits per heavy atom. The summed E-state index contributed by atoms with van der Waals surface area (Å²) < 4.78 is 0. The number of nitrogens with zero attached hydrogens (tertiary/aromatic N) is 2. The Morgan fingerprint density at radius 3 is 1.81 bits per heavy atom. The van der Waals surface area contributed by atoms with Crippen LogP contribution in [0.4, 0.5) is 0 Å². The molecule has 1 radical (unpaired) electrons. The van der Waals surface area contributed by atoms with Crippen LogP contribution < -0.4 is 0 Å². The molecule has 0 aliphatic carbocycles. The number of carbonyl (C=O) groups excluding carboxylic acids is 1. The first-order valence-corrected chi connectivity index (χ1v) is 9.40. The highest BCUT2D eigenvalue weighted by Gasteiger charge is 2.20. The fourth-order valence-electron chi connectivity index (χ4n) is 2.76. The molecule has 3 unspecified atom stereocenters. The molecule has 0 fully saturated rings. The minimum atomic E-state index is -1.17. The van der Waals surface area contributed by atoms with Gasteiger partial charge in [0.25, 0.3) is 0 Å². The molecular weight excluding hydrogens is 340 g/mol. The minimum absolute atomic E-state index is 0.185. The highest BCUT2D eigenvalue weighted by Crippen LogP contribution is 2.14. The second-order valence-electron chi connectivity index (χ2n) is 6.56. The molecule has 0 rings (SSSR count). The second-order valence-corrected chi connectivity index (χ2v) is 6.56. The molecule has 0 aromatic carbocycles. The van der Waals surface area contributed by atoms with Gasteiger partial charge in [0, 0.05) is 35.5 Å². The fraction of sp³-hybridized carbons (Fsp3) is 0.833. The van der Waals surface area contributed by atoms with Gasteiger partial charge in [-0.2, -0.15) is 0 Å². The van der Waals surface area contributed by atoms with Crippen LogP contribution in [0.25, 0.3) is 0 Å². The molecule has 0 saturated heterocycles. The van der Waals surface area contributed by atoms with Crippen LogP contribution in [0.5, 0.6) is 0 Å². The topological polar surface area (TPSA) is 124 Å². The lowest BCUT2D eigenvalue weighted by molar-refractivity contribution is -0.524. The van der Waals surface area contributed by atoms with Gasteiger partial charge in [0.2, 0.25) is 18.4 Å². The summed E-state index contributed by atoms with van der Waals surface area (Å²) in [7, 11) is 0. The van der Waals surface area contributed by atoms with Gasteiger partial charge >= 0.3 is 0 Å². The van der Waals surface area contributed by atoms with Crippen molar-refractivity contribution in [3.8, 4) is 0 Å². The summed E-state index contributed by atoms with van der Waals surface area (Å²) in [6, 6.07) is -1.22. The van der Waals surface area contributed by atoms with Crippen molar-refractivity contribution in [3.63, 3.8) is 0 Å². The molecular formula is C18H31N2O6. The highest BCUT2D eigenvalue weighted by atomic mass is 16.6. The molecule has 8 heteroatoms. The van der Waals surface area contributed by atoms with Gasteiger partial charge in [0.15, 0.2) is 0 Å². The van der Waals surface area contributed by atoms with Crippen molar-refractivity contribution < 1.29 is 19.7 Å². The maximum atomic E-state index is 11.0. The first-order chi connectivity index (χ1) is 12.4. The third-order valence-corrected chi connectivity index (χ3v) is 4.39. The van der Waals surface area contributed by atoms with Gasteiger partial charge in [-0.05, 0) is 32.1 Å². The van der Waals surface area contributed by atoms with E-state index in [1.807, 2.05) is 12.2 Å². The number of allylic oxidation sites excluding steroid dienone is 2. The van der Waals surface area contributed by atoms with Crippen LogP contribution in [0.3, 0.4) is 0 Å². The van der Waals surface area contributed by atoms with Crippen molar-refractivity contribution in [3.05, 3.63) is 32.4 Å². The normalized spacial score (nSPS) is 14.8. The molecule has 26 heavy (non-hydrogen) atoms. The van der Waals surface area contributed by atoms with E-state index in [1.165, 1.54) is 6.29 Å². The van der Waals surface area contributed by atoms with Crippen molar-refractivity contribution in [2.75, 3.05) is 0 Å². The molecule has 8 nitrogen and oxygen atoms in total. The van der Waals surface area contributed by atoms with Gasteiger partial charge in [0.1, 0.15) is 6.10 Å². The fourth-order valence-corrected chi connectivity index (χ4v) is 2.76. The van der Waals surface area contributed by atoms with E-state index in [4.69, 9.17) is 5.11 Å². The Bertz CT molecular complexity index is 441. The number of hydrogen-bond acceptors (Lipinski definition) is 6. The molecule has 0 aliphatic rings. The lowest BCUT2D eigenvalue weighted by Gasteiger charge is -2.09. The van der Waals surface area contributed by atoms with Gasteiger partial charge < -0.3 is 5.11 Å². The third-order valence-electron chi connectivity index (χ3n) is 4.39. The number of rotatable bonds is 17. The zero-order chi connectivity index (χ0) is 19.8. The van der Waals surface area contributed by atoms with Crippen LogP contribution in [-0.4, -0.2) is 39.4 Å². The summed E-state index contributed by atoms with van der Waals surface area (Å²) >= 11 is 0. The monoisotopic (exact) mass is 371 g/mol. The molecule has 0 aliphatic heterocycles. The van der Waals surface area contributed by atoms with Crippen molar-refractivity contribution >= 4 is 6.29 Å². The quantitative estimate of drug-likeness (QED) is 0.180. The van der Waals surface area contributed by atoms with E-state index in [2.05, 4.69) is 6.92 Å². The van der Waals surface area contributed by atoms with Gasteiger partial charge in [-0.1, -0.05) is 31.9 Å². The standard InChI is InChI=1S/C18H31N2O6/c1-2-3-6-10-16(19(23)24)11-7-4-5-8-12-17(20(25)26)13-9-14-18(22)15-21/h4-5,16-18,22H,2-3,6-14H2,1H3/b5-4+. The molecule has 0 amide bonds. The zero-order valence-electron chi connectivity index (χ0n) is 15.5. The molecule has 0 heterocycles. The van der Waals surface area contributed by atoms with Crippen molar-refractivity contribution in [1.82, 2.24) is 0 Å². The van der Waals surface area contributed by atoms with E-state index in [0.29, 0.717) is 44.9 Å². The maximum absolute atomic E-state index is 11.0. The highest BCUT2D eigenvalue weighted by molar-refractivity contribution is 5.56. The molecule has 3 atom stereocenters. The van der Waals surface area contributed by atoms with E-state index in [-0.39, 0.29) is 16.3 Å². The first-order valence-electron chi connectivity index (χ1n) is 9.40. The lowest BCUT2D eigenvalue weighted by Crippen LogP contribution is -2.20. The molecule has 0 saturated carbocycles. The third kappa shape index (κ3) is 12.5. The van der Waals surface area contributed by atoms with E-state index < -0.39 is 18.2 Å². The summed E-state index contributed by atoms with van der Waals surface area (Å²) in [5.41, 5.74) is 0. The minimum Gasteiger partial charge on any atom is -0.385 e. The first kappa shape index (κ1) is 24.2. The van der Waals surface area contributed by atoms with Crippen molar-refractivity contribution in [2.45, 2.75) is 95.7 Å². The summed E-state index contributed by atoms with van der Waals surface area (Å²) in [6.07, 6.45) is 10.4. The Morgan fingerprint density at radius 1 is 0.885 bits per heavy atom. The molecule has 0 aromatic heterocycles. The Kier molecular flexibility index (Phi) is 14.3. The largest absolute Gasteiger partial charge is 0.385 e. The number of aliphatic hydroxyl groups excluding tert-OH is 1. The van der Waals surface area contributed by atoms with Gasteiger partial charge in [-0.25, -0.2) is 0 Å². The van der Waals surface area contributed by atoms with E-state index in [9.17, 15) is 25.0 Å². The van der Waals surface area contributed by atoms with Crippen LogP contribution in [0.1, 0.15) is 77.6 Å². The predicted octanol–water partition coefficient (Wildman–Crippen LogP) is 3.61. The van der Waals surface area contributed by atoms with Crippen LogP contribution >= 0.6 is 0 Å². The number of nitro groups is 2. The summed E-state index contributed by atoms with van der Waals surface area (Å²) in [5, 5.41) is 31.1. The van der Waals surface area contributed by atoms with Gasteiger partial charge in [-0.3, -0.25) is 25.0 Å². The number of aliphatic hydroxyl groups is 1. The Labute approximate surface area is 155 Å². The van der Waals surface area contributed by atoms with Crippen LogP contribution in [0.15, 0.2) is 12.2 Å². The number of unbranched alkanes of at least 4 members (excludes halogenated alkanes) is 2. The summed E-state index contributed by atoms with van der Waals surface area (Å²) in [5.74, 6) is 0. The molecule has 0 aromatic rings. The molecule has 0 spiro atoms. The molecule has 149 valence electrons. The second kappa shape index (κ2) is 15.4. The van der Waals surface area contributed by atoms with Crippen molar-refractivity contribution in [1.29, 1.82) is 0 Å². The van der Waals surface area contributed by atoms with E-state index >= 15 is 0 Å². The van der Waals surface area contributed by atoms with Crippen LogP contribution in [0, 0.1) is 20.2 Å². The smallest absolute Gasteiger partial charge is 0.229 e. The Hall–Kier alpha value is -1.83. The maximum Gasteiger partial charge on any atom is 0.229 e. The van der Waals surface area contributed by atoms with Gasteiger partial charge in [-0.15, -0.1) is 0 Å².